The Morgan fingerprint density at radius 3 is 2.59 bits per heavy atom. The summed E-state index contributed by atoms with van der Waals surface area (Å²) in [5.74, 6) is 0.935. The van der Waals surface area contributed by atoms with Crippen molar-refractivity contribution in [1.82, 2.24) is 4.31 Å². The molecule has 7 nitrogen and oxygen atoms in total. The molecule has 0 aliphatic carbocycles. The van der Waals surface area contributed by atoms with Crippen molar-refractivity contribution in [3.8, 4) is 11.5 Å². The number of nitrogens with one attached hydrogen (secondary N) is 1. The first-order valence-corrected chi connectivity index (χ1v) is 9.63. The first kappa shape index (κ1) is 18.9. The Hall–Kier alpha value is -2.84. The summed E-state index contributed by atoms with van der Waals surface area (Å²) in [7, 11) is -0.656. The van der Waals surface area contributed by atoms with Crippen LogP contribution in [0.1, 0.15) is 11.1 Å². The van der Waals surface area contributed by atoms with E-state index < -0.39 is 10.0 Å². The van der Waals surface area contributed by atoms with Crippen LogP contribution >= 0.6 is 0 Å². The molecule has 0 unspecified atom stereocenters. The average Bonchev–Trinajstić information content (AvgIpc) is 3.09. The fourth-order valence-electron chi connectivity index (χ4n) is 2.53. The third-order valence-electron chi connectivity index (χ3n) is 4.04. The molecular formula is C19H20N2O5S. The third-order valence-corrected chi connectivity index (χ3v) is 6.00. The summed E-state index contributed by atoms with van der Waals surface area (Å²) < 4.78 is 36.4. The van der Waals surface area contributed by atoms with Crippen molar-refractivity contribution < 1.29 is 22.7 Å². The quantitative estimate of drug-likeness (QED) is 0.796. The largest absolute Gasteiger partial charge is 0.454 e. The van der Waals surface area contributed by atoms with Gasteiger partial charge >= 0.3 is 0 Å². The van der Waals surface area contributed by atoms with Crippen LogP contribution in [0.4, 0.5) is 5.69 Å². The van der Waals surface area contributed by atoms with Gasteiger partial charge in [-0.3, -0.25) is 4.79 Å². The summed E-state index contributed by atoms with van der Waals surface area (Å²) in [4.78, 5) is 12.3. The molecule has 0 aromatic heterocycles. The highest BCUT2D eigenvalue weighted by Gasteiger charge is 2.20. The minimum absolute atomic E-state index is 0.157. The van der Waals surface area contributed by atoms with Crippen LogP contribution in [0.3, 0.4) is 0 Å². The number of rotatable bonds is 5. The van der Waals surface area contributed by atoms with E-state index >= 15 is 0 Å². The van der Waals surface area contributed by atoms with Gasteiger partial charge in [-0.1, -0.05) is 12.1 Å². The number of hydrogen-bond donors (Lipinski definition) is 1. The molecule has 1 N–H and O–H groups in total. The van der Waals surface area contributed by atoms with Gasteiger partial charge in [0, 0.05) is 25.9 Å². The second-order valence-corrected chi connectivity index (χ2v) is 8.32. The summed E-state index contributed by atoms with van der Waals surface area (Å²) in [6.07, 6.45) is 3.01. The molecule has 0 fully saturated rings. The standard InChI is InChI=1S/C19H20N2O5S/c1-13-4-7-15(11-18(13)27(23,24)21(2)3)20-19(22)9-6-14-5-8-16-17(10-14)26-12-25-16/h4-11H,12H2,1-3H3,(H,20,22). The lowest BCUT2D eigenvalue weighted by Crippen LogP contribution is -2.23. The number of nitrogens with zero attached hydrogens (tertiary/aromatic N) is 1. The van der Waals surface area contributed by atoms with Crippen LogP contribution in [0.5, 0.6) is 11.5 Å². The number of hydrogen-bond acceptors (Lipinski definition) is 5. The van der Waals surface area contributed by atoms with E-state index in [2.05, 4.69) is 5.32 Å². The van der Waals surface area contributed by atoms with Gasteiger partial charge in [-0.05, 0) is 48.4 Å². The van der Waals surface area contributed by atoms with E-state index in [1.54, 1.807) is 37.3 Å². The molecule has 0 saturated heterocycles. The van der Waals surface area contributed by atoms with E-state index in [4.69, 9.17) is 9.47 Å². The molecule has 0 saturated carbocycles. The molecule has 1 heterocycles. The lowest BCUT2D eigenvalue weighted by atomic mass is 10.2. The van der Waals surface area contributed by atoms with Crippen molar-refractivity contribution in [2.75, 3.05) is 26.2 Å². The lowest BCUT2D eigenvalue weighted by Gasteiger charge is -2.14. The number of sulfonamides is 1. The van der Waals surface area contributed by atoms with Crippen molar-refractivity contribution >= 4 is 27.7 Å². The maximum Gasteiger partial charge on any atom is 0.248 e. The molecule has 8 heteroatoms. The first-order chi connectivity index (χ1) is 12.8. The molecule has 1 aliphatic heterocycles. The summed E-state index contributed by atoms with van der Waals surface area (Å²) in [5.41, 5.74) is 1.80. The summed E-state index contributed by atoms with van der Waals surface area (Å²) in [6.45, 7) is 1.90. The molecular weight excluding hydrogens is 368 g/mol. The number of aryl methyl sites for hydroxylation is 1. The summed E-state index contributed by atoms with van der Waals surface area (Å²) in [6, 6.07) is 10.1. The maximum absolute atomic E-state index is 12.4. The molecule has 1 aliphatic rings. The van der Waals surface area contributed by atoms with Crippen molar-refractivity contribution in [2.45, 2.75) is 11.8 Å². The van der Waals surface area contributed by atoms with Gasteiger partial charge in [0.1, 0.15) is 0 Å². The molecule has 1 amide bonds. The zero-order valence-corrected chi connectivity index (χ0v) is 16.0. The monoisotopic (exact) mass is 388 g/mol. The van der Waals surface area contributed by atoms with Crippen LogP contribution in [-0.2, 0) is 14.8 Å². The van der Waals surface area contributed by atoms with Crippen LogP contribution in [-0.4, -0.2) is 39.5 Å². The number of fused-ring (bicyclic) bond motifs is 1. The van der Waals surface area contributed by atoms with E-state index in [9.17, 15) is 13.2 Å². The smallest absolute Gasteiger partial charge is 0.248 e. The first-order valence-electron chi connectivity index (χ1n) is 8.19. The van der Waals surface area contributed by atoms with E-state index in [0.717, 1.165) is 9.87 Å². The number of anilines is 1. The van der Waals surface area contributed by atoms with Crippen molar-refractivity contribution in [3.05, 3.63) is 53.6 Å². The number of ether oxygens (including phenoxy) is 2. The number of carbonyl (C=O) groups is 1. The number of amides is 1. The highest BCUT2D eigenvalue weighted by atomic mass is 32.2. The lowest BCUT2D eigenvalue weighted by molar-refractivity contribution is -0.111. The van der Waals surface area contributed by atoms with Crippen LogP contribution in [0.25, 0.3) is 6.08 Å². The second-order valence-electron chi connectivity index (χ2n) is 6.20. The molecule has 2 aromatic carbocycles. The normalized spacial score (nSPS) is 13.3. The highest BCUT2D eigenvalue weighted by Crippen LogP contribution is 2.32. The van der Waals surface area contributed by atoms with Gasteiger partial charge in [0.05, 0.1) is 4.90 Å². The SMILES string of the molecule is Cc1ccc(NC(=O)C=Cc2ccc3c(c2)OCO3)cc1S(=O)(=O)N(C)C. The topological polar surface area (TPSA) is 84.9 Å². The van der Waals surface area contributed by atoms with E-state index in [1.165, 1.54) is 26.2 Å². The van der Waals surface area contributed by atoms with Crippen LogP contribution in [0.15, 0.2) is 47.4 Å². The molecule has 27 heavy (non-hydrogen) atoms. The Morgan fingerprint density at radius 2 is 1.85 bits per heavy atom. The van der Waals surface area contributed by atoms with Gasteiger partial charge < -0.3 is 14.8 Å². The van der Waals surface area contributed by atoms with E-state index in [1.807, 2.05) is 6.07 Å². The number of carbonyl (C=O) groups excluding carboxylic acids is 1. The predicted octanol–water partition coefficient (Wildman–Crippen LogP) is 2.63. The minimum Gasteiger partial charge on any atom is -0.454 e. The second kappa shape index (κ2) is 7.42. The van der Waals surface area contributed by atoms with E-state index in [-0.39, 0.29) is 17.6 Å². The van der Waals surface area contributed by atoms with Gasteiger partial charge in [-0.25, -0.2) is 12.7 Å². The van der Waals surface area contributed by atoms with Gasteiger partial charge in [0.15, 0.2) is 11.5 Å². The Labute approximate surface area is 158 Å². The van der Waals surface area contributed by atoms with Crippen LogP contribution in [0.2, 0.25) is 0 Å². The van der Waals surface area contributed by atoms with Crippen LogP contribution in [0, 0.1) is 6.92 Å². The Kier molecular flexibility index (Phi) is 5.20. The Morgan fingerprint density at radius 1 is 1.11 bits per heavy atom. The summed E-state index contributed by atoms with van der Waals surface area (Å²) >= 11 is 0. The molecule has 142 valence electrons. The minimum atomic E-state index is -3.59. The Balaban J connectivity index is 1.74. The van der Waals surface area contributed by atoms with Crippen LogP contribution < -0.4 is 14.8 Å². The van der Waals surface area contributed by atoms with Gasteiger partial charge in [-0.2, -0.15) is 0 Å². The number of benzene rings is 2. The molecule has 0 bridgehead atoms. The Bertz CT molecular complexity index is 1010. The van der Waals surface area contributed by atoms with Crippen molar-refractivity contribution in [3.63, 3.8) is 0 Å². The molecule has 2 aromatic rings. The zero-order chi connectivity index (χ0) is 19.6. The molecule has 3 rings (SSSR count). The average molecular weight is 388 g/mol. The van der Waals surface area contributed by atoms with Gasteiger partial charge in [0.2, 0.25) is 22.7 Å². The fraction of sp³-hybridized carbons (Fsp3) is 0.211. The highest BCUT2D eigenvalue weighted by molar-refractivity contribution is 7.89. The molecule has 0 radical (unpaired) electrons. The maximum atomic E-state index is 12.4. The van der Waals surface area contributed by atoms with Gasteiger partial charge in [0.25, 0.3) is 0 Å². The third kappa shape index (κ3) is 4.12. The van der Waals surface area contributed by atoms with Gasteiger partial charge in [-0.15, -0.1) is 0 Å². The zero-order valence-electron chi connectivity index (χ0n) is 15.2. The molecule has 0 spiro atoms. The molecule has 0 atom stereocenters. The fourth-order valence-corrected chi connectivity index (χ4v) is 3.67. The summed E-state index contributed by atoms with van der Waals surface area (Å²) in [5, 5.41) is 2.68. The van der Waals surface area contributed by atoms with Crippen molar-refractivity contribution in [2.24, 2.45) is 0 Å². The van der Waals surface area contributed by atoms with Crippen molar-refractivity contribution in [1.29, 1.82) is 0 Å². The predicted molar refractivity (Wildman–Crippen MR) is 102 cm³/mol. The van der Waals surface area contributed by atoms with E-state index in [0.29, 0.717) is 22.7 Å².